The van der Waals surface area contributed by atoms with Crippen molar-refractivity contribution < 1.29 is 14.2 Å². The van der Waals surface area contributed by atoms with Gasteiger partial charge in [0.15, 0.2) is 0 Å². The summed E-state index contributed by atoms with van der Waals surface area (Å²) < 4.78 is 19.3. The van der Waals surface area contributed by atoms with E-state index in [2.05, 4.69) is 36.4 Å². The molecular formula is C21H21ClGeO3. The first-order chi connectivity index (χ1) is 12.6. The van der Waals surface area contributed by atoms with Crippen LogP contribution < -0.4 is 27.4 Å². The number of benzene rings is 3. The zero-order chi connectivity index (χ0) is 18.6. The Bertz CT molecular complexity index is 730. The quantitative estimate of drug-likeness (QED) is 0.564. The van der Waals surface area contributed by atoms with E-state index in [1.807, 2.05) is 36.4 Å². The second kappa shape index (κ2) is 8.06. The molecule has 0 spiro atoms. The van der Waals surface area contributed by atoms with Crippen molar-refractivity contribution in [3.8, 4) is 17.2 Å². The van der Waals surface area contributed by atoms with Gasteiger partial charge in [0.25, 0.3) is 0 Å². The van der Waals surface area contributed by atoms with Crippen LogP contribution in [0.4, 0.5) is 0 Å². The van der Waals surface area contributed by atoms with Crippen molar-refractivity contribution in [1.29, 1.82) is 0 Å². The molecule has 0 saturated heterocycles. The number of methoxy groups -OCH3 is 3. The van der Waals surface area contributed by atoms with Crippen molar-refractivity contribution in [3.05, 3.63) is 72.8 Å². The number of ether oxygens (including phenoxy) is 3. The van der Waals surface area contributed by atoms with Crippen molar-refractivity contribution in [1.82, 2.24) is 0 Å². The second-order valence-electron chi connectivity index (χ2n) is 5.84. The molecule has 0 amide bonds. The minimum atomic E-state index is -3.32. The van der Waals surface area contributed by atoms with Crippen LogP contribution in [0.1, 0.15) is 0 Å². The fraction of sp³-hybridized carbons (Fsp3) is 0.143. The van der Waals surface area contributed by atoms with Crippen LogP contribution >= 0.6 is 10.0 Å². The summed E-state index contributed by atoms with van der Waals surface area (Å²) in [6.45, 7) is 0. The van der Waals surface area contributed by atoms with Gasteiger partial charge in [-0.15, -0.1) is 0 Å². The Morgan fingerprint density at radius 1 is 0.500 bits per heavy atom. The molecule has 3 rings (SSSR count). The Morgan fingerprint density at radius 3 is 0.923 bits per heavy atom. The van der Waals surface area contributed by atoms with Crippen molar-refractivity contribution in [3.63, 3.8) is 0 Å². The molecule has 0 unspecified atom stereocenters. The summed E-state index contributed by atoms with van der Waals surface area (Å²) in [5.74, 6) is 2.46. The van der Waals surface area contributed by atoms with Crippen molar-refractivity contribution in [2.24, 2.45) is 0 Å². The van der Waals surface area contributed by atoms with E-state index in [1.54, 1.807) is 21.3 Å². The topological polar surface area (TPSA) is 27.7 Å². The molecule has 3 aromatic carbocycles. The van der Waals surface area contributed by atoms with E-state index < -0.39 is 12.3 Å². The molecule has 3 nitrogen and oxygen atoms in total. The molecule has 0 heterocycles. The summed E-state index contributed by atoms with van der Waals surface area (Å²) in [7, 11) is 12.5. The van der Waals surface area contributed by atoms with Gasteiger partial charge in [-0.05, 0) is 0 Å². The maximum absolute atomic E-state index is 7.47. The van der Waals surface area contributed by atoms with Crippen molar-refractivity contribution in [2.75, 3.05) is 21.3 Å². The normalized spacial score (nSPS) is 11.1. The standard InChI is InChI=1S/C21H21ClGeO3/c1-24-19-10-4-16(5-11-19)23(22,17-6-12-20(25-2)13-7-17)18-8-14-21(26-3)15-9-18/h4-15H,1-3H3. The van der Waals surface area contributed by atoms with E-state index in [0.29, 0.717) is 0 Å². The molecule has 0 aliphatic carbocycles. The van der Waals surface area contributed by atoms with Gasteiger partial charge in [0.05, 0.1) is 0 Å². The first kappa shape index (κ1) is 18.7. The number of hydrogen-bond donors (Lipinski definition) is 0. The van der Waals surface area contributed by atoms with Crippen molar-refractivity contribution >= 4 is 35.5 Å². The van der Waals surface area contributed by atoms with Gasteiger partial charge in [-0.3, -0.25) is 0 Å². The van der Waals surface area contributed by atoms with E-state index in [0.717, 1.165) is 30.4 Å². The Labute approximate surface area is 161 Å². The summed E-state index contributed by atoms with van der Waals surface area (Å²) in [5, 5.41) is 0. The zero-order valence-corrected chi connectivity index (χ0v) is 17.9. The summed E-state index contributed by atoms with van der Waals surface area (Å²) in [6.07, 6.45) is 0. The first-order valence-electron chi connectivity index (χ1n) is 8.24. The monoisotopic (exact) mass is 430 g/mol. The molecule has 0 fully saturated rings. The molecule has 0 atom stereocenters. The molecule has 0 aliphatic rings. The molecule has 0 aliphatic heterocycles. The van der Waals surface area contributed by atoms with E-state index in [1.165, 1.54) is 0 Å². The first-order valence-corrected chi connectivity index (χ1v) is 14.1. The molecule has 3 aromatic rings. The predicted octanol–water partition coefficient (Wildman–Crippen LogP) is 2.92. The van der Waals surface area contributed by atoms with Gasteiger partial charge in [0.1, 0.15) is 0 Å². The van der Waals surface area contributed by atoms with Crippen LogP contribution in [0.2, 0.25) is 0 Å². The Hall–Kier alpha value is -2.11. The molecule has 0 saturated carbocycles. The average Bonchev–Trinajstić information content (AvgIpc) is 2.73. The number of halogens is 1. The summed E-state index contributed by atoms with van der Waals surface area (Å²) in [6, 6.07) is 24.2. The molecule has 0 aromatic heterocycles. The number of rotatable bonds is 6. The molecule has 0 radical (unpaired) electrons. The van der Waals surface area contributed by atoms with Crippen LogP contribution in [0.5, 0.6) is 17.2 Å². The predicted molar refractivity (Wildman–Crippen MR) is 109 cm³/mol. The third-order valence-corrected chi connectivity index (χ3v) is 15.0. The third kappa shape index (κ3) is 3.55. The summed E-state index contributed by atoms with van der Waals surface area (Å²) in [4.78, 5) is 0. The van der Waals surface area contributed by atoms with Crippen LogP contribution in [0, 0.1) is 0 Å². The van der Waals surface area contributed by atoms with E-state index >= 15 is 0 Å². The SMILES string of the molecule is COc1cc[c]([Ge]([Cl])([c]2ccc(OC)cc2)[c]2ccc(OC)cc2)cc1. The van der Waals surface area contributed by atoms with Gasteiger partial charge in [0.2, 0.25) is 0 Å². The fourth-order valence-electron chi connectivity index (χ4n) is 2.96. The molecule has 134 valence electrons. The van der Waals surface area contributed by atoms with E-state index in [4.69, 9.17) is 24.2 Å². The van der Waals surface area contributed by atoms with Gasteiger partial charge in [-0.1, -0.05) is 0 Å². The fourth-order valence-corrected chi connectivity index (χ4v) is 11.0. The zero-order valence-electron chi connectivity index (χ0n) is 15.0. The van der Waals surface area contributed by atoms with Gasteiger partial charge in [-0.25, -0.2) is 0 Å². The van der Waals surface area contributed by atoms with Crippen LogP contribution in [-0.4, -0.2) is 33.7 Å². The molecule has 26 heavy (non-hydrogen) atoms. The van der Waals surface area contributed by atoms with Crippen LogP contribution in [0.25, 0.3) is 0 Å². The van der Waals surface area contributed by atoms with Gasteiger partial charge in [0, 0.05) is 0 Å². The van der Waals surface area contributed by atoms with E-state index in [9.17, 15) is 0 Å². The van der Waals surface area contributed by atoms with Gasteiger partial charge < -0.3 is 0 Å². The third-order valence-electron chi connectivity index (χ3n) is 4.46. The Morgan fingerprint density at radius 2 is 0.731 bits per heavy atom. The van der Waals surface area contributed by atoms with Crippen LogP contribution in [0.15, 0.2) is 72.8 Å². The number of hydrogen-bond acceptors (Lipinski definition) is 3. The van der Waals surface area contributed by atoms with Crippen LogP contribution in [-0.2, 0) is 0 Å². The maximum atomic E-state index is 7.47. The molecular weight excluding hydrogens is 408 g/mol. The van der Waals surface area contributed by atoms with E-state index in [-0.39, 0.29) is 0 Å². The molecule has 0 N–H and O–H groups in total. The Balaban J connectivity index is 2.15. The summed E-state index contributed by atoms with van der Waals surface area (Å²) in [5.41, 5.74) is 0. The average molecular weight is 429 g/mol. The van der Waals surface area contributed by atoms with Crippen LogP contribution in [0.3, 0.4) is 0 Å². The van der Waals surface area contributed by atoms with Crippen molar-refractivity contribution in [2.45, 2.75) is 0 Å². The Kier molecular flexibility index (Phi) is 5.79. The minimum absolute atomic E-state index is 0.819. The molecule has 0 bridgehead atoms. The van der Waals surface area contributed by atoms with Gasteiger partial charge >= 0.3 is 161 Å². The second-order valence-corrected chi connectivity index (χ2v) is 15.2. The summed E-state index contributed by atoms with van der Waals surface area (Å²) >= 11 is -3.32. The molecule has 5 heteroatoms. The van der Waals surface area contributed by atoms with Gasteiger partial charge in [-0.2, -0.15) is 0 Å².